The van der Waals surface area contributed by atoms with Crippen LogP contribution in [0.15, 0.2) is 205 Å². The van der Waals surface area contributed by atoms with Crippen molar-refractivity contribution >= 4 is 70.5 Å². The van der Waals surface area contributed by atoms with Crippen molar-refractivity contribution in [1.82, 2.24) is 0 Å². The van der Waals surface area contributed by atoms with Crippen molar-refractivity contribution in [3.63, 3.8) is 0 Å². The van der Waals surface area contributed by atoms with Crippen LogP contribution >= 0.6 is 11.3 Å². The molecule has 0 unspecified atom stereocenters. The molecule has 2 aliphatic carbocycles. The van der Waals surface area contributed by atoms with Gasteiger partial charge in [0.05, 0.1) is 27.9 Å². The zero-order chi connectivity index (χ0) is 38.0. The van der Waals surface area contributed by atoms with E-state index < -0.39 is 5.41 Å². The Kier molecular flexibility index (Phi) is 6.56. The van der Waals surface area contributed by atoms with E-state index >= 15 is 0 Å². The lowest BCUT2D eigenvalue weighted by molar-refractivity contribution is 0.669. The van der Waals surface area contributed by atoms with Gasteiger partial charge >= 0.3 is 0 Å². The lowest BCUT2D eigenvalue weighted by Crippen LogP contribution is -2.26. The smallest absolute Gasteiger partial charge is 0.137 e. The Morgan fingerprint density at radius 2 is 0.862 bits per heavy atom. The number of rotatable bonds is 4. The first-order chi connectivity index (χ1) is 28.8. The highest BCUT2D eigenvalue weighted by atomic mass is 32.1. The summed E-state index contributed by atoms with van der Waals surface area (Å²) >= 11 is 1.86. The number of thiophene rings is 1. The molecule has 0 saturated heterocycles. The summed E-state index contributed by atoms with van der Waals surface area (Å²) < 4.78 is 9.19. The van der Waals surface area contributed by atoms with Gasteiger partial charge in [0.25, 0.3) is 0 Å². The Labute approximate surface area is 339 Å². The molecule has 11 aromatic rings. The molecule has 0 radical (unpaired) electrons. The standard InChI is InChI=1S/C55H33NOS/c1-7-23-41-34(16-1)35-17-2-8-24-42(35)55(41)43-25-9-3-19-38(43)53-44(55)26-14-28-46(53)56(47-29-15-31-49-54(47)39-20-5-11-30-48(39)57-49)45-27-10-4-18-36(45)37-22-13-33-51-52(37)40-21-6-12-32-50(40)58-51/h1-33H. The third-order valence-electron chi connectivity index (χ3n) is 12.7. The molecule has 2 nitrogen and oxygen atoms in total. The number of hydrogen-bond donors (Lipinski definition) is 0. The SMILES string of the molecule is c1ccc(N(c2cccc3c2-c2ccccc2C32c3ccccc3-c3ccccc32)c2cccc3oc4ccccc4c23)c(-c2cccc3sc4ccccc4c23)c1. The van der Waals surface area contributed by atoms with Crippen LogP contribution in [0.25, 0.3) is 75.5 Å². The van der Waals surface area contributed by atoms with E-state index in [0.29, 0.717) is 0 Å². The molecule has 0 saturated carbocycles. The van der Waals surface area contributed by atoms with Gasteiger partial charge in [-0.25, -0.2) is 0 Å². The average Bonchev–Trinajstić information content (AvgIpc) is 4.02. The predicted molar refractivity (Wildman–Crippen MR) is 243 cm³/mol. The van der Waals surface area contributed by atoms with Crippen molar-refractivity contribution in [1.29, 1.82) is 0 Å². The maximum Gasteiger partial charge on any atom is 0.137 e. The summed E-state index contributed by atoms with van der Waals surface area (Å²) in [4.78, 5) is 2.54. The van der Waals surface area contributed by atoms with Gasteiger partial charge in [-0.15, -0.1) is 11.3 Å². The average molecular weight is 756 g/mol. The minimum absolute atomic E-state index is 0.462. The van der Waals surface area contributed by atoms with Crippen molar-refractivity contribution in [2.75, 3.05) is 4.90 Å². The first kappa shape index (κ1) is 31.9. The minimum Gasteiger partial charge on any atom is -0.456 e. The van der Waals surface area contributed by atoms with Crippen LogP contribution in [0.4, 0.5) is 17.1 Å². The topological polar surface area (TPSA) is 16.4 Å². The van der Waals surface area contributed by atoms with Crippen molar-refractivity contribution in [3.05, 3.63) is 222 Å². The molecule has 0 N–H and O–H groups in total. The van der Waals surface area contributed by atoms with Gasteiger partial charge in [-0.2, -0.15) is 0 Å². The number of hydrogen-bond acceptors (Lipinski definition) is 3. The second-order valence-corrected chi connectivity index (χ2v) is 16.5. The monoisotopic (exact) mass is 755 g/mol. The fourth-order valence-electron chi connectivity index (χ4n) is 10.5. The Morgan fingerprint density at radius 3 is 1.67 bits per heavy atom. The Balaban J connectivity index is 1.17. The van der Waals surface area contributed by atoms with Gasteiger partial charge in [0.2, 0.25) is 0 Å². The van der Waals surface area contributed by atoms with E-state index in [1.54, 1.807) is 0 Å². The summed E-state index contributed by atoms with van der Waals surface area (Å²) in [5.74, 6) is 0. The van der Waals surface area contributed by atoms with Crippen LogP contribution in [0.5, 0.6) is 0 Å². The van der Waals surface area contributed by atoms with Gasteiger partial charge in [0.15, 0.2) is 0 Å². The number of benzene rings is 9. The van der Waals surface area contributed by atoms with Crippen LogP contribution in [0.1, 0.15) is 22.3 Å². The first-order valence-electron chi connectivity index (χ1n) is 19.9. The highest BCUT2D eigenvalue weighted by Gasteiger charge is 2.52. The van der Waals surface area contributed by atoms with Crippen molar-refractivity contribution in [2.45, 2.75) is 5.41 Å². The third-order valence-corrected chi connectivity index (χ3v) is 13.8. The van der Waals surface area contributed by atoms with E-state index in [0.717, 1.165) is 39.0 Å². The van der Waals surface area contributed by atoms with Gasteiger partial charge < -0.3 is 9.32 Å². The molecule has 0 fully saturated rings. The Bertz CT molecular complexity index is 3450. The molecule has 2 heterocycles. The molecule has 0 atom stereocenters. The number of nitrogens with zero attached hydrogens (tertiary/aromatic N) is 1. The molecule has 9 aromatic carbocycles. The summed E-state index contributed by atoms with van der Waals surface area (Å²) in [6.07, 6.45) is 0. The van der Waals surface area contributed by atoms with Gasteiger partial charge in [-0.05, 0) is 87.0 Å². The summed E-state index contributed by atoms with van der Waals surface area (Å²) in [5, 5.41) is 4.79. The summed E-state index contributed by atoms with van der Waals surface area (Å²) in [7, 11) is 0. The van der Waals surface area contributed by atoms with Gasteiger partial charge in [-0.3, -0.25) is 0 Å². The summed E-state index contributed by atoms with van der Waals surface area (Å²) in [5.41, 5.74) is 17.5. The largest absolute Gasteiger partial charge is 0.456 e. The molecule has 3 heteroatoms. The number of furan rings is 1. The molecule has 2 aliphatic rings. The van der Waals surface area contributed by atoms with E-state index in [1.807, 2.05) is 11.3 Å². The van der Waals surface area contributed by atoms with Crippen LogP contribution in [0, 0.1) is 0 Å². The zero-order valence-electron chi connectivity index (χ0n) is 31.3. The maximum atomic E-state index is 6.60. The molecule has 13 rings (SSSR count). The number of fused-ring (bicyclic) bond motifs is 16. The minimum atomic E-state index is -0.462. The van der Waals surface area contributed by atoms with E-state index in [4.69, 9.17) is 4.42 Å². The molecule has 0 aliphatic heterocycles. The highest BCUT2D eigenvalue weighted by molar-refractivity contribution is 7.25. The second kappa shape index (κ2) is 11.9. The fourth-order valence-corrected chi connectivity index (χ4v) is 11.7. The molecular weight excluding hydrogens is 723 g/mol. The molecule has 0 bridgehead atoms. The van der Waals surface area contributed by atoms with E-state index in [2.05, 4.69) is 205 Å². The quantitative estimate of drug-likeness (QED) is 0.178. The van der Waals surface area contributed by atoms with Crippen molar-refractivity contribution in [3.8, 4) is 33.4 Å². The lowest BCUT2D eigenvalue weighted by atomic mass is 9.70. The summed E-state index contributed by atoms with van der Waals surface area (Å²) in [6, 6.07) is 73.8. The molecule has 2 aromatic heterocycles. The van der Waals surface area contributed by atoms with Gasteiger partial charge in [0, 0.05) is 36.7 Å². The fraction of sp³-hybridized carbons (Fsp3) is 0.0182. The van der Waals surface area contributed by atoms with E-state index in [1.165, 1.54) is 75.8 Å². The van der Waals surface area contributed by atoms with E-state index in [-0.39, 0.29) is 0 Å². The van der Waals surface area contributed by atoms with Crippen LogP contribution in [-0.2, 0) is 5.41 Å². The van der Waals surface area contributed by atoms with Crippen molar-refractivity contribution < 1.29 is 4.42 Å². The molecule has 58 heavy (non-hydrogen) atoms. The Morgan fingerprint density at radius 1 is 0.345 bits per heavy atom. The summed E-state index contributed by atoms with van der Waals surface area (Å²) in [6.45, 7) is 0. The number of para-hydroxylation sites is 2. The van der Waals surface area contributed by atoms with Gasteiger partial charge in [-0.1, -0.05) is 158 Å². The lowest BCUT2D eigenvalue weighted by Gasteiger charge is -2.32. The predicted octanol–water partition coefficient (Wildman–Crippen LogP) is 15.4. The van der Waals surface area contributed by atoms with Crippen LogP contribution in [0.2, 0.25) is 0 Å². The Hall–Kier alpha value is -7.20. The molecule has 0 amide bonds. The maximum absolute atomic E-state index is 6.60. The van der Waals surface area contributed by atoms with E-state index in [9.17, 15) is 0 Å². The highest BCUT2D eigenvalue weighted by Crippen LogP contribution is 2.65. The van der Waals surface area contributed by atoms with Crippen LogP contribution in [0.3, 0.4) is 0 Å². The first-order valence-corrected chi connectivity index (χ1v) is 20.7. The molecule has 1 spiro atoms. The van der Waals surface area contributed by atoms with Crippen LogP contribution < -0.4 is 4.90 Å². The normalized spacial score (nSPS) is 13.3. The molecular formula is C55H33NOS. The number of anilines is 3. The molecule has 270 valence electrons. The van der Waals surface area contributed by atoms with Gasteiger partial charge in [0.1, 0.15) is 11.2 Å². The zero-order valence-corrected chi connectivity index (χ0v) is 32.1. The second-order valence-electron chi connectivity index (χ2n) is 15.5. The third kappa shape index (κ3) is 4.11. The van der Waals surface area contributed by atoms with Crippen LogP contribution in [-0.4, -0.2) is 0 Å². The van der Waals surface area contributed by atoms with Crippen molar-refractivity contribution in [2.24, 2.45) is 0 Å².